The summed E-state index contributed by atoms with van der Waals surface area (Å²) >= 11 is 0. The van der Waals surface area contributed by atoms with Crippen molar-refractivity contribution in [1.29, 1.82) is 0 Å². The number of nitrogens with zero attached hydrogens (tertiary/aromatic N) is 3. The van der Waals surface area contributed by atoms with E-state index in [4.69, 9.17) is 4.74 Å². The zero-order valence-corrected chi connectivity index (χ0v) is 11.5. The summed E-state index contributed by atoms with van der Waals surface area (Å²) in [6.45, 7) is 5.73. The van der Waals surface area contributed by atoms with Crippen molar-refractivity contribution in [3.8, 4) is 0 Å². The predicted molar refractivity (Wildman–Crippen MR) is 71.9 cm³/mol. The Kier molecular flexibility index (Phi) is 3.86. The highest BCUT2D eigenvalue weighted by Crippen LogP contribution is 2.24. The molecule has 0 radical (unpaired) electrons. The van der Waals surface area contributed by atoms with Crippen molar-refractivity contribution in [2.24, 2.45) is 0 Å². The molecule has 2 aliphatic heterocycles. The lowest BCUT2D eigenvalue weighted by Gasteiger charge is -2.37. The molecule has 3 rings (SSSR count). The number of aliphatic hydroxyl groups is 1. The minimum absolute atomic E-state index is 0.0562. The summed E-state index contributed by atoms with van der Waals surface area (Å²) < 4.78 is 7.73. The quantitative estimate of drug-likeness (QED) is 0.869. The first-order chi connectivity index (χ1) is 9.26. The molecule has 0 aliphatic carbocycles. The maximum atomic E-state index is 10.3. The summed E-state index contributed by atoms with van der Waals surface area (Å²) in [6.07, 6.45) is 6.49. The average molecular weight is 265 g/mol. The molecular formula is C14H23N3O2. The third kappa shape index (κ3) is 2.83. The van der Waals surface area contributed by atoms with Crippen LogP contribution in [-0.4, -0.2) is 57.7 Å². The molecule has 2 fully saturated rings. The molecule has 0 bridgehead atoms. The van der Waals surface area contributed by atoms with Gasteiger partial charge in [0.2, 0.25) is 0 Å². The molecule has 1 aromatic rings. The van der Waals surface area contributed by atoms with E-state index in [-0.39, 0.29) is 6.10 Å². The molecular weight excluding hydrogens is 242 g/mol. The predicted octanol–water partition coefficient (Wildman–Crippen LogP) is 0.670. The second-order valence-corrected chi connectivity index (χ2v) is 5.64. The molecule has 3 heterocycles. The Hall–Kier alpha value is -0.910. The fraction of sp³-hybridized carbons (Fsp3) is 0.786. The molecule has 5 heteroatoms. The highest BCUT2D eigenvalue weighted by Gasteiger charge is 2.35. The zero-order valence-electron chi connectivity index (χ0n) is 11.5. The van der Waals surface area contributed by atoms with Crippen LogP contribution in [0.25, 0.3) is 0 Å². The van der Waals surface area contributed by atoms with E-state index < -0.39 is 6.10 Å². The van der Waals surface area contributed by atoms with E-state index in [1.165, 1.54) is 12.8 Å². The molecule has 2 aliphatic rings. The summed E-state index contributed by atoms with van der Waals surface area (Å²) in [5.41, 5.74) is 1.08. The first kappa shape index (κ1) is 13.1. The number of fused-ring (bicyclic) bond motifs is 1. The van der Waals surface area contributed by atoms with Gasteiger partial charge in [-0.2, -0.15) is 5.10 Å². The number of aryl methyl sites for hydroxylation is 1. The van der Waals surface area contributed by atoms with Gasteiger partial charge in [0.1, 0.15) is 0 Å². The van der Waals surface area contributed by atoms with E-state index in [9.17, 15) is 5.11 Å². The Morgan fingerprint density at radius 3 is 3.26 bits per heavy atom. The largest absolute Gasteiger partial charge is 0.390 e. The van der Waals surface area contributed by atoms with Gasteiger partial charge in [-0.25, -0.2) is 0 Å². The smallest absolute Gasteiger partial charge is 0.0964 e. The number of hydrogen-bond donors (Lipinski definition) is 1. The minimum Gasteiger partial charge on any atom is -0.390 e. The van der Waals surface area contributed by atoms with Gasteiger partial charge in [0.05, 0.1) is 25.0 Å². The number of hydrogen-bond acceptors (Lipinski definition) is 4. The molecule has 0 aromatic carbocycles. The second-order valence-electron chi connectivity index (χ2n) is 5.64. The van der Waals surface area contributed by atoms with Gasteiger partial charge in [0, 0.05) is 31.7 Å². The summed E-state index contributed by atoms with van der Waals surface area (Å²) in [5, 5.41) is 14.6. The molecule has 3 atom stereocenters. The standard InChI is InChI=1S/C14H23N3O2/c1-2-17-8-11(7-15-17)6-13(18)14-9-16-5-3-4-12(16)10-19-14/h7-8,12-14,18H,2-6,9-10H2,1H3. The van der Waals surface area contributed by atoms with Crippen molar-refractivity contribution in [3.05, 3.63) is 18.0 Å². The fourth-order valence-corrected chi connectivity index (χ4v) is 3.13. The summed E-state index contributed by atoms with van der Waals surface area (Å²) in [6, 6.07) is 0.589. The first-order valence-electron chi connectivity index (χ1n) is 7.31. The second kappa shape index (κ2) is 5.61. The Labute approximate surface area is 114 Å². The summed E-state index contributed by atoms with van der Waals surface area (Å²) in [4.78, 5) is 2.47. The highest BCUT2D eigenvalue weighted by molar-refractivity contribution is 5.06. The molecule has 0 saturated carbocycles. The van der Waals surface area contributed by atoms with Gasteiger partial charge < -0.3 is 9.84 Å². The number of rotatable bonds is 4. The van der Waals surface area contributed by atoms with Crippen molar-refractivity contribution in [2.75, 3.05) is 19.7 Å². The van der Waals surface area contributed by atoms with Crippen LogP contribution < -0.4 is 0 Å². The first-order valence-corrected chi connectivity index (χ1v) is 7.31. The molecule has 0 amide bonds. The molecule has 19 heavy (non-hydrogen) atoms. The maximum Gasteiger partial charge on any atom is 0.0964 e. The van der Waals surface area contributed by atoms with E-state index in [0.29, 0.717) is 12.5 Å². The highest BCUT2D eigenvalue weighted by atomic mass is 16.5. The van der Waals surface area contributed by atoms with Crippen LogP contribution in [0.1, 0.15) is 25.3 Å². The lowest BCUT2D eigenvalue weighted by molar-refractivity contribution is -0.101. The SMILES string of the molecule is CCn1cc(CC(O)C2CN3CCCC3CO2)cn1. The van der Waals surface area contributed by atoms with Crippen molar-refractivity contribution in [3.63, 3.8) is 0 Å². The van der Waals surface area contributed by atoms with Gasteiger partial charge in [-0.15, -0.1) is 0 Å². The summed E-state index contributed by atoms with van der Waals surface area (Å²) in [7, 11) is 0. The van der Waals surface area contributed by atoms with E-state index in [1.807, 2.05) is 17.1 Å². The van der Waals surface area contributed by atoms with Gasteiger partial charge in [0.25, 0.3) is 0 Å². The average Bonchev–Trinajstić information content (AvgIpc) is 3.05. The molecule has 106 valence electrons. The lowest BCUT2D eigenvalue weighted by Crippen LogP contribution is -2.50. The Morgan fingerprint density at radius 1 is 1.58 bits per heavy atom. The third-order valence-corrected chi connectivity index (χ3v) is 4.30. The van der Waals surface area contributed by atoms with Crippen LogP contribution in [0.4, 0.5) is 0 Å². The van der Waals surface area contributed by atoms with Crippen molar-refractivity contribution in [2.45, 2.75) is 51.0 Å². The van der Waals surface area contributed by atoms with Crippen LogP contribution in [0.15, 0.2) is 12.4 Å². The Balaban J connectivity index is 1.56. The van der Waals surface area contributed by atoms with Gasteiger partial charge in [0.15, 0.2) is 0 Å². The Morgan fingerprint density at radius 2 is 2.47 bits per heavy atom. The fourth-order valence-electron chi connectivity index (χ4n) is 3.13. The van der Waals surface area contributed by atoms with Crippen LogP contribution in [0.5, 0.6) is 0 Å². The number of aromatic nitrogens is 2. The molecule has 3 unspecified atom stereocenters. The Bertz CT molecular complexity index is 421. The molecule has 5 nitrogen and oxygen atoms in total. The van der Waals surface area contributed by atoms with E-state index in [0.717, 1.165) is 31.8 Å². The number of aliphatic hydroxyl groups excluding tert-OH is 1. The van der Waals surface area contributed by atoms with Gasteiger partial charge >= 0.3 is 0 Å². The van der Waals surface area contributed by atoms with E-state index >= 15 is 0 Å². The molecule has 1 N–H and O–H groups in total. The molecule has 0 spiro atoms. The van der Waals surface area contributed by atoms with Crippen molar-refractivity contribution >= 4 is 0 Å². The molecule has 2 saturated heterocycles. The minimum atomic E-state index is -0.434. The van der Waals surface area contributed by atoms with E-state index in [2.05, 4.69) is 16.9 Å². The van der Waals surface area contributed by atoms with Crippen LogP contribution >= 0.6 is 0 Å². The van der Waals surface area contributed by atoms with Gasteiger partial charge in [-0.3, -0.25) is 9.58 Å². The maximum absolute atomic E-state index is 10.3. The lowest BCUT2D eigenvalue weighted by atomic mass is 10.0. The monoisotopic (exact) mass is 265 g/mol. The summed E-state index contributed by atoms with van der Waals surface area (Å²) in [5.74, 6) is 0. The van der Waals surface area contributed by atoms with Crippen molar-refractivity contribution < 1.29 is 9.84 Å². The van der Waals surface area contributed by atoms with Crippen LogP contribution in [0, 0.1) is 0 Å². The third-order valence-electron chi connectivity index (χ3n) is 4.30. The zero-order chi connectivity index (χ0) is 13.2. The van der Waals surface area contributed by atoms with E-state index in [1.54, 1.807) is 0 Å². The number of morpholine rings is 1. The molecule has 1 aromatic heterocycles. The topological polar surface area (TPSA) is 50.5 Å². The van der Waals surface area contributed by atoms with Crippen LogP contribution in [0.3, 0.4) is 0 Å². The van der Waals surface area contributed by atoms with Gasteiger partial charge in [-0.1, -0.05) is 0 Å². The van der Waals surface area contributed by atoms with Crippen LogP contribution in [-0.2, 0) is 17.7 Å². The van der Waals surface area contributed by atoms with Gasteiger partial charge in [-0.05, 0) is 31.9 Å². The number of ether oxygens (including phenoxy) is 1. The van der Waals surface area contributed by atoms with Crippen LogP contribution in [0.2, 0.25) is 0 Å². The van der Waals surface area contributed by atoms with Crippen molar-refractivity contribution in [1.82, 2.24) is 14.7 Å². The normalized spacial score (nSPS) is 29.4.